The van der Waals surface area contributed by atoms with E-state index in [0.29, 0.717) is 17.4 Å². The Balaban J connectivity index is 1.26. The number of anilines is 3. The molecule has 1 aliphatic rings. The SMILES string of the molecule is Cc1nccn1Cc1ccc(Nc2nccc(-c3ccc(OC4CCOCC4)c(N)c3)n2)cc1. The van der Waals surface area contributed by atoms with Crippen LogP contribution in [-0.2, 0) is 11.3 Å². The Kier molecular flexibility index (Phi) is 6.40. The molecule has 8 heteroatoms. The summed E-state index contributed by atoms with van der Waals surface area (Å²) in [5.74, 6) is 2.22. The maximum Gasteiger partial charge on any atom is 0.227 e. The second kappa shape index (κ2) is 9.93. The Labute approximate surface area is 198 Å². The van der Waals surface area contributed by atoms with E-state index in [9.17, 15) is 0 Å². The first-order valence-electron chi connectivity index (χ1n) is 11.4. The van der Waals surface area contributed by atoms with Gasteiger partial charge in [0.05, 0.1) is 24.6 Å². The molecule has 3 heterocycles. The Morgan fingerprint density at radius 2 is 1.88 bits per heavy atom. The lowest BCUT2D eigenvalue weighted by atomic mass is 10.1. The van der Waals surface area contributed by atoms with Crippen molar-refractivity contribution in [2.45, 2.75) is 32.4 Å². The molecule has 2 aromatic heterocycles. The first kappa shape index (κ1) is 21.9. The van der Waals surface area contributed by atoms with Crippen LogP contribution >= 0.6 is 0 Å². The third kappa shape index (κ3) is 5.18. The standard InChI is InChI=1S/C26H28N6O2/c1-18-28-12-13-32(18)17-19-2-5-21(6-3-19)30-26-29-11-8-24(31-26)20-4-7-25(23(27)16-20)34-22-9-14-33-15-10-22/h2-8,11-13,16,22H,9-10,14-15,17,27H2,1H3,(H,29,30,31). The molecule has 1 fully saturated rings. The molecule has 1 aliphatic heterocycles. The number of nitrogen functional groups attached to an aromatic ring is 1. The first-order chi connectivity index (χ1) is 16.6. The number of imidazole rings is 1. The predicted octanol–water partition coefficient (Wildman–Crippen LogP) is 4.58. The van der Waals surface area contributed by atoms with Gasteiger partial charge in [0.25, 0.3) is 0 Å². The van der Waals surface area contributed by atoms with Gasteiger partial charge in [-0.25, -0.2) is 15.0 Å². The topological polar surface area (TPSA) is 100 Å². The van der Waals surface area contributed by atoms with Crippen molar-refractivity contribution in [3.05, 3.63) is 78.5 Å². The highest BCUT2D eigenvalue weighted by Gasteiger charge is 2.17. The lowest BCUT2D eigenvalue weighted by molar-refractivity contribution is 0.0259. The Morgan fingerprint density at radius 3 is 2.62 bits per heavy atom. The number of nitrogens with two attached hydrogens (primary N) is 1. The molecule has 5 rings (SSSR count). The predicted molar refractivity (Wildman–Crippen MR) is 132 cm³/mol. The quantitative estimate of drug-likeness (QED) is 0.393. The lowest BCUT2D eigenvalue weighted by Gasteiger charge is -2.24. The second-order valence-electron chi connectivity index (χ2n) is 8.37. The summed E-state index contributed by atoms with van der Waals surface area (Å²) in [5.41, 5.74) is 10.7. The molecule has 0 radical (unpaired) electrons. The zero-order chi connectivity index (χ0) is 23.3. The van der Waals surface area contributed by atoms with Crippen molar-refractivity contribution in [2.24, 2.45) is 0 Å². The molecule has 174 valence electrons. The van der Waals surface area contributed by atoms with Gasteiger partial charge in [-0.15, -0.1) is 0 Å². The molecule has 1 saturated heterocycles. The van der Waals surface area contributed by atoms with E-state index in [2.05, 4.69) is 37.0 Å². The Morgan fingerprint density at radius 1 is 1.06 bits per heavy atom. The number of ether oxygens (including phenoxy) is 2. The number of hydrogen-bond donors (Lipinski definition) is 2. The molecule has 0 spiro atoms. The highest BCUT2D eigenvalue weighted by Crippen LogP contribution is 2.30. The van der Waals surface area contributed by atoms with Crippen LogP contribution in [0, 0.1) is 6.92 Å². The Hall–Kier alpha value is -3.91. The van der Waals surface area contributed by atoms with Gasteiger partial charge in [0.2, 0.25) is 5.95 Å². The zero-order valence-electron chi connectivity index (χ0n) is 19.1. The summed E-state index contributed by atoms with van der Waals surface area (Å²) in [7, 11) is 0. The summed E-state index contributed by atoms with van der Waals surface area (Å²) in [6.07, 6.45) is 7.45. The van der Waals surface area contributed by atoms with Crippen molar-refractivity contribution in [3.63, 3.8) is 0 Å². The van der Waals surface area contributed by atoms with Crippen LogP contribution in [0.25, 0.3) is 11.3 Å². The molecular formula is C26H28N6O2. The van der Waals surface area contributed by atoms with E-state index in [1.54, 1.807) is 6.20 Å². The largest absolute Gasteiger partial charge is 0.488 e. The minimum absolute atomic E-state index is 0.145. The van der Waals surface area contributed by atoms with Gasteiger partial charge in [-0.2, -0.15) is 0 Å². The number of benzene rings is 2. The van der Waals surface area contributed by atoms with E-state index in [1.165, 1.54) is 5.56 Å². The smallest absolute Gasteiger partial charge is 0.227 e. The van der Waals surface area contributed by atoms with Crippen molar-refractivity contribution in [3.8, 4) is 17.0 Å². The summed E-state index contributed by atoms with van der Waals surface area (Å²) in [4.78, 5) is 13.3. The van der Waals surface area contributed by atoms with Gasteiger partial charge in [0.15, 0.2) is 0 Å². The molecule has 34 heavy (non-hydrogen) atoms. The van der Waals surface area contributed by atoms with Crippen molar-refractivity contribution in [2.75, 3.05) is 24.3 Å². The normalized spacial score (nSPS) is 14.1. The number of aromatic nitrogens is 4. The summed E-state index contributed by atoms with van der Waals surface area (Å²) < 4.78 is 13.6. The zero-order valence-corrected chi connectivity index (χ0v) is 19.1. The maximum atomic E-state index is 6.29. The van der Waals surface area contributed by atoms with Crippen LogP contribution in [0.15, 0.2) is 67.1 Å². The molecule has 0 aliphatic carbocycles. The van der Waals surface area contributed by atoms with E-state index < -0.39 is 0 Å². The third-order valence-electron chi connectivity index (χ3n) is 5.91. The molecule has 0 atom stereocenters. The van der Waals surface area contributed by atoms with Crippen molar-refractivity contribution < 1.29 is 9.47 Å². The van der Waals surface area contributed by atoms with Crippen molar-refractivity contribution in [1.82, 2.24) is 19.5 Å². The lowest BCUT2D eigenvalue weighted by Crippen LogP contribution is -2.26. The fourth-order valence-corrected chi connectivity index (χ4v) is 3.96. The minimum Gasteiger partial charge on any atom is -0.488 e. The van der Waals surface area contributed by atoms with Gasteiger partial charge >= 0.3 is 0 Å². The summed E-state index contributed by atoms with van der Waals surface area (Å²) in [6, 6.07) is 15.9. The third-order valence-corrected chi connectivity index (χ3v) is 5.91. The van der Waals surface area contributed by atoms with E-state index in [1.807, 2.05) is 55.7 Å². The summed E-state index contributed by atoms with van der Waals surface area (Å²) >= 11 is 0. The van der Waals surface area contributed by atoms with E-state index in [-0.39, 0.29) is 6.10 Å². The number of rotatable bonds is 7. The second-order valence-corrected chi connectivity index (χ2v) is 8.37. The van der Waals surface area contributed by atoms with Crippen LogP contribution in [0.2, 0.25) is 0 Å². The average Bonchev–Trinajstić information content (AvgIpc) is 3.26. The number of nitrogens with one attached hydrogen (secondary N) is 1. The molecule has 0 saturated carbocycles. The molecule has 0 unspecified atom stereocenters. The minimum atomic E-state index is 0.145. The van der Waals surface area contributed by atoms with Gasteiger partial charge in [-0.05, 0) is 48.9 Å². The summed E-state index contributed by atoms with van der Waals surface area (Å²) in [6.45, 7) is 4.24. The monoisotopic (exact) mass is 456 g/mol. The molecular weight excluding hydrogens is 428 g/mol. The van der Waals surface area contributed by atoms with Crippen LogP contribution < -0.4 is 15.8 Å². The maximum absolute atomic E-state index is 6.29. The van der Waals surface area contributed by atoms with Crippen LogP contribution in [0.1, 0.15) is 24.2 Å². The highest BCUT2D eigenvalue weighted by molar-refractivity contribution is 5.69. The van der Waals surface area contributed by atoms with E-state index in [4.69, 9.17) is 15.2 Å². The fraction of sp³-hybridized carbons (Fsp3) is 0.269. The molecule has 0 bridgehead atoms. The molecule has 0 amide bonds. The van der Waals surface area contributed by atoms with Crippen LogP contribution in [0.5, 0.6) is 5.75 Å². The Bertz CT molecular complexity index is 1250. The molecule has 4 aromatic rings. The van der Waals surface area contributed by atoms with E-state index in [0.717, 1.165) is 55.4 Å². The number of nitrogens with zero attached hydrogens (tertiary/aromatic N) is 4. The van der Waals surface area contributed by atoms with Gasteiger partial charge in [0.1, 0.15) is 17.7 Å². The van der Waals surface area contributed by atoms with Gasteiger partial charge < -0.3 is 25.1 Å². The van der Waals surface area contributed by atoms with Gasteiger partial charge in [-0.1, -0.05) is 12.1 Å². The molecule has 2 aromatic carbocycles. The van der Waals surface area contributed by atoms with Gasteiger partial charge in [-0.3, -0.25) is 0 Å². The van der Waals surface area contributed by atoms with E-state index >= 15 is 0 Å². The average molecular weight is 457 g/mol. The van der Waals surface area contributed by atoms with Crippen LogP contribution in [0.4, 0.5) is 17.3 Å². The highest BCUT2D eigenvalue weighted by atomic mass is 16.5. The van der Waals surface area contributed by atoms with Crippen LogP contribution in [0.3, 0.4) is 0 Å². The number of hydrogen-bond acceptors (Lipinski definition) is 7. The summed E-state index contributed by atoms with van der Waals surface area (Å²) in [5, 5.41) is 3.28. The van der Waals surface area contributed by atoms with Crippen molar-refractivity contribution in [1.29, 1.82) is 0 Å². The first-order valence-corrected chi connectivity index (χ1v) is 11.4. The van der Waals surface area contributed by atoms with Gasteiger partial charge in [0, 0.05) is 49.2 Å². The number of aryl methyl sites for hydroxylation is 1. The van der Waals surface area contributed by atoms with Crippen molar-refractivity contribution >= 4 is 17.3 Å². The molecule has 3 N–H and O–H groups in total. The fourth-order valence-electron chi connectivity index (χ4n) is 3.96. The van der Waals surface area contributed by atoms with Crippen LogP contribution in [-0.4, -0.2) is 38.8 Å². The molecule has 8 nitrogen and oxygen atoms in total.